The van der Waals surface area contributed by atoms with Crippen molar-refractivity contribution >= 4 is 34.6 Å². The zero-order valence-electron chi connectivity index (χ0n) is 16.7. The van der Waals surface area contributed by atoms with Gasteiger partial charge in [0.1, 0.15) is 13.2 Å². The summed E-state index contributed by atoms with van der Waals surface area (Å²) in [5, 5.41) is 15.1. The molecule has 2 aromatic rings. The number of fused-ring (bicyclic) bond motifs is 3. The smallest absolute Gasteiger partial charge is 0.362 e. The molecule has 160 valence electrons. The molecular formula is C22H26NO5S2+. The highest BCUT2D eigenvalue weighted by molar-refractivity contribution is 7.12. The van der Waals surface area contributed by atoms with Crippen LogP contribution in [0.3, 0.4) is 0 Å². The lowest BCUT2D eigenvalue weighted by molar-refractivity contribution is -0.939. The first-order chi connectivity index (χ1) is 14.5. The van der Waals surface area contributed by atoms with E-state index in [0.29, 0.717) is 20.8 Å². The van der Waals surface area contributed by atoms with Crippen molar-refractivity contribution in [3.63, 3.8) is 0 Å². The van der Waals surface area contributed by atoms with Crippen molar-refractivity contribution in [3.05, 3.63) is 57.4 Å². The van der Waals surface area contributed by atoms with Gasteiger partial charge in [-0.1, -0.05) is 24.8 Å². The molecule has 2 aromatic heterocycles. The highest BCUT2D eigenvalue weighted by atomic mass is 32.1. The Labute approximate surface area is 183 Å². The van der Waals surface area contributed by atoms with E-state index in [0.717, 1.165) is 25.9 Å². The number of hydrogen-bond donors (Lipinski definition) is 1. The molecule has 3 fully saturated rings. The third-order valence-electron chi connectivity index (χ3n) is 6.18. The van der Waals surface area contributed by atoms with E-state index in [1.807, 2.05) is 22.9 Å². The lowest BCUT2D eigenvalue weighted by atomic mass is 9.83. The highest BCUT2D eigenvalue weighted by Crippen LogP contribution is 2.40. The van der Waals surface area contributed by atoms with E-state index in [1.165, 1.54) is 22.7 Å². The van der Waals surface area contributed by atoms with Crippen LogP contribution in [0.1, 0.15) is 22.6 Å². The number of piperidine rings is 3. The molecule has 1 atom stereocenters. The molecular weight excluding hydrogens is 422 g/mol. The number of rotatable bonds is 8. The Balaban J connectivity index is 1.51. The van der Waals surface area contributed by atoms with Crippen molar-refractivity contribution in [1.82, 2.24) is 0 Å². The molecule has 0 aliphatic carbocycles. The van der Waals surface area contributed by atoms with Crippen molar-refractivity contribution in [1.29, 1.82) is 0 Å². The van der Waals surface area contributed by atoms with Crippen LogP contribution in [0.15, 0.2) is 47.7 Å². The maximum atomic E-state index is 13.3. The van der Waals surface area contributed by atoms with Crippen LogP contribution in [-0.2, 0) is 24.7 Å². The Morgan fingerprint density at radius 2 is 1.83 bits per heavy atom. The summed E-state index contributed by atoms with van der Waals surface area (Å²) in [6.07, 6.45) is 3.02. The molecule has 3 saturated heterocycles. The number of carbonyl (C=O) groups excluding carboxylic acids is 2. The quantitative estimate of drug-likeness (QED) is 0.382. The number of hydrogen-bond acceptors (Lipinski definition) is 7. The normalized spacial score (nSPS) is 25.6. The number of carbonyl (C=O) groups is 2. The minimum atomic E-state index is -1.80. The van der Waals surface area contributed by atoms with E-state index < -0.39 is 11.6 Å². The van der Waals surface area contributed by atoms with E-state index in [9.17, 15) is 14.7 Å². The summed E-state index contributed by atoms with van der Waals surface area (Å²) >= 11 is 2.66. The Kier molecular flexibility index (Phi) is 6.11. The maximum absolute atomic E-state index is 13.3. The first kappa shape index (κ1) is 21.2. The molecule has 3 aliphatic rings. The van der Waals surface area contributed by atoms with Crippen molar-refractivity contribution in [2.24, 2.45) is 5.92 Å². The van der Waals surface area contributed by atoms with Gasteiger partial charge in [0.25, 0.3) is 0 Å². The first-order valence-corrected chi connectivity index (χ1v) is 11.9. The van der Waals surface area contributed by atoms with E-state index in [-0.39, 0.29) is 31.1 Å². The molecule has 3 aliphatic heterocycles. The van der Waals surface area contributed by atoms with Gasteiger partial charge in [-0.05, 0) is 22.9 Å². The lowest BCUT2D eigenvalue weighted by Crippen LogP contribution is -2.66. The molecule has 0 amide bonds. The molecule has 0 saturated carbocycles. The number of quaternary nitrogens is 1. The summed E-state index contributed by atoms with van der Waals surface area (Å²) in [5.41, 5.74) is -1.80. The molecule has 30 heavy (non-hydrogen) atoms. The number of nitrogens with zero attached hydrogens (tertiary/aromatic N) is 1. The monoisotopic (exact) mass is 448 g/mol. The van der Waals surface area contributed by atoms with Gasteiger partial charge in [-0.2, -0.15) is 0 Å². The fraction of sp³-hybridized carbons (Fsp3) is 0.455. The fourth-order valence-corrected chi connectivity index (χ4v) is 6.28. The van der Waals surface area contributed by atoms with Gasteiger partial charge < -0.3 is 19.1 Å². The van der Waals surface area contributed by atoms with Gasteiger partial charge >= 0.3 is 11.9 Å². The van der Waals surface area contributed by atoms with E-state index in [1.54, 1.807) is 18.2 Å². The number of thiophene rings is 2. The van der Waals surface area contributed by atoms with Crippen LogP contribution in [0.25, 0.3) is 0 Å². The average Bonchev–Trinajstić information content (AvgIpc) is 3.46. The van der Waals surface area contributed by atoms with Crippen molar-refractivity contribution in [3.8, 4) is 0 Å². The molecule has 2 bridgehead atoms. The number of ether oxygens (including phenoxy) is 2. The molecule has 0 spiro atoms. The van der Waals surface area contributed by atoms with Crippen LogP contribution in [0.4, 0.5) is 0 Å². The molecule has 8 heteroatoms. The van der Waals surface area contributed by atoms with E-state index >= 15 is 0 Å². The summed E-state index contributed by atoms with van der Waals surface area (Å²) in [5.74, 6) is -0.637. The predicted molar refractivity (Wildman–Crippen MR) is 115 cm³/mol. The van der Waals surface area contributed by atoms with Crippen LogP contribution in [0.5, 0.6) is 0 Å². The van der Waals surface area contributed by atoms with Gasteiger partial charge in [-0.15, -0.1) is 22.7 Å². The van der Waals surface area contributed by atoms with Gasteiger partial charge in [-0.25, -0.2) is 9.59 Å². The van der Waals surface area contributed by atoms with Gasteiger partial charge in [-0.3, -0.25) is 0 Å². The molecule has 5 heterocycles. The summed E-state index contributed by atoms with van der Waals surface area (Å²) in [4.78, 5) is 26.6. The topological polar surface area (TPSA) is 72.8 Å². The first-order valence-electron chi connectivity index (χ1n) is 10.1. The third kappa shape index (κ3) is 3.97. The second-order valence-electron chi connectivity index (χ2n) is 8.05. The zero-order valence-corrected chi connectivity index (χ0v) is 18.3. The molecule has 5 rings (SSSR count). The van der Waals surface area contributed by atoms with Gasteiger partial charge in [0, 0.05) is 18.8 Å². The predicted octanol–water partition coefficient (Wildman–Crippen LogP) is 2.93. The molecule has 6 nitrogen and oxygen atoms in total. The second kappa shape index (κ2) is 8.63. The molecule has 0 aromatic carbocycles. The molecule has 1 unspecified atom stereocenters. The van der Waals surface area contributed by atoms with Crippen LogP contribution < -0.4 is 0 Å². The van der Waals surface area contributed by atoms with Crippen molar-refractivity contribution in [2.75, 3.05) is 32.8 Å². The zero-order chi connectivity index (χ0) is 21.2. The van der Waals surface area contributed by atoms with Crippen LogP contribution >= 0.6 is 22.7 Å². The molecule has 0 radical (unpaired) electrons. The van der Waals surface area contributed by atoms with Gasteiger partial charge in [0.05, 0.1) is 22.8 Å². The average molecular weight is 449 g/mol. The van der Waals surface area contributed by atoms with Crippen LogP contribution in [0, 0.1) is 5.92 Å². The second-order valence-corrected chi connectivity index (χ2v) is 9.94. The largest absolute Gasteiger partial charge is 0.457 e. The van der Waals surface area contributed by atoms with Gasteiger partial charge in [0.15, 0.2) is 12.6 Å². The molecule has 1 N–H and O–H groups in total. The Morgan fingerprint density at radius 3 is 2.37 bits per heavy atom. The Hall–Kier alpha value is -2.00. The summed E-state index contributed by atoms with van der Waals surface area (Å²) in [6.45, 7) is 6.38. The summed E-state index contributed by atoms with van der Waals surface area (Å²) < 4.78 is 11.7. The Morgan fingerprint density at radius 1 is 1.20 bits per heavy atom. The Bertz CT molecular complexity index is 851. The van der Waals surface area contributed by atoms with E-state index in [2.05, 4.69) is 6.58 Å². The van der Waals surface area contributed by atoms with Gasteiger partial charge in [0.2, 0.25) is 5.60 Å². The summed E-state index contributed by atoms with van der Waals surface area (Å²) in [6, 6.07) is 7.14. The third-order valence-corrected chi connectivity index (χ3v) is 8.13. The maximum Gasteiger partial charge on any atom is 0.362 e. The van der Waals surface area contributed by atoms with Crippen molar-refractivity contribution in [2.45, 2.75) is 24.5 Å². The number of aliphatic hydroxyl groups is 1. The SMILES string of the molecule is C=CCOC(=O)C[N+]12CCC(CC1)C(OC(=O)C(O)(c1cccs1)c1cccs1)C2. The van der Waals surface area contributed by atoms with Crippen LogP contribution in [0.2, 0.25) is 0 Å². The van der Waals surface area contributed by atoms with E-state index in [4.69, 9.17) is 9.47 Å². The van der Waals surface area contributed by atoms with Crippen molar-refractivity contribution < 1.29 is 28.7 Å². The lowest BCUT2D eigenvalue weighted by Gasteiger charge is -2.51. The fourth-order valence-electron chi connectivity index (χ4n) is 4.56. The standard InChI is InChI=1S/C22H26NO5S2/c1-2-11-27-20(24)15-23-9-7-16(8-10-23)17(14-23)28-21(25)22(26,18-5-3-12-29-18)19-6-4-13-30-19/h2-6,12-13,16-17,26H,1,7-11,14-15H2/q+1. The summed E-state index contributed by atoms with van der Waals surface area (Å²) in [7, 11) is 0. The van der Waals surface area contributed by atoms with Crippen LogP contribution in [-0.4, -0.2) is 60.4 Å². The number of esters is 2. The highest BCUT2D eigenvalue weighted by Gasteiger charge is 2.51. The minimum absolute atomic E-state index is 0.203. The minimum Gasteiger partial charge on any atom is -0.457 e.